The number of aliphatic hydroxyl groups excluding tert-OH is 1. The van der Waals surface area contributed by atoms with Crippen LogP contribution in [0, 0.1) is 6.92 Å². The fraction of sp³-hybridized carbons (Fsp3) is 0.133. The highest BCUT2D eigenvalue weighted by Crippen LogP contribution is 2.34. The summed E-state index contributed by atoms with van der Waals surface area (Å²) in [5.41, 5.74) is 6.74. The molecule has 0 aliphatic carbocycles. The van der Waals surface area contributed by atoms with Gasteiger partial charge in [-0.1, -0.05) is 42.5 Å². The summed E-state index contributed by atoms with van der Waals surface area (Å²) in [4.78, 5) is 26.8. The maximum absolute atomic E-state index is 13.3. The van der Waals surface area contributed by atoms with Gasteiger partial charge in [0.15, 0.2) is 0 Å². The quantitative estimate of drug-likeness (QED) is 0.250. The average molecular weight is 506 g/mol. The van der Waals surface area contributed by atoms with E-state index in [1.165, 1.54) is 6.20 Å². The van der Waals surface area contributed by atoms with Gasteiger partial charge in [-0.15, -0.1) is 0 Å². The molecule has 0 saturated heterocycles. The van der Waals surface area contributed by atoms with Gasteiger partial charge in [-0.05, 0) is 36.8 Å². The molecule has 8 heteroatoms. The van der Waals surface area contributed by atoms with Crippen LogP contribution >= 0.6 is 0 Å². The SMILES string of the molecule is CNc1ccc(-c2nc3ccnc(C(=O)NCc4c(CO)cnc(C)c4O)c3cc2-c2ccccc2)cc1. The number of nitrogens with one attached hydrogen (secondary N) is 2. The Labute approximate surface area is 220 Å². The number of aliphatic hydroxyl groups is 1. The van der Waals surface area contributed by atoms with Crippen LogP contribution in [0.4, 0.5) is 5.69 Å². The Bertz CT molecular complexity index is 1620. The molecule has 0 spiro atoms. The lowest BCUT2D eigenvalue weighted by molar-refractivity contribution is 0.0947. The third-order valence-corrected chi connectivity index (χ3v) is 6.52. The van der Waals surface area contributed by atoms with E-state index in [9.17, 15) is 15.0 Å². The minimum absolute atomic E-state index is 0.0108. The first-order chi connectivity index (χ1) is 18.5. The largest absolute Gasteiger partial charge is 0.506 e. The average Bonchev–Trinajstić information content (AvgIpc) is 2.97. The van der Waals surface area contributed by atoms with Crippen molar-refractivity contribution in [1.29, 1.82) is 0 Å². The van der Waals surface area contributed by atoms with Gasteiger partial charge in [-0.3, -0.25) is 14.8 Å². The molecule has 0 saturated carbocycles. The second-order valence-corrected chi connectivity index (χ2v) is 8.84. The van der Waals surface area contributed by atoms with E-state index in [1.54, 1.807) is 19.2 Å². The highest BCUT2D eigenvalue weighted by Gasteiger charge is 2.19. The van der Waals surface area contributed by atoms with Crippen molar-refractivity contribution < 1.29 is 15.0 Å². The maximum Gasteiger partial charge on any atom is 0.270 e. The molecule has 0 aliphatic rings. The summed E-state index contributed by atoms with van der Waals surface area (Å²) >= 11 is 0. The molecular weight excluding hydrogens is 478 g/mol. The van der Waals surface area contributed by atoms with Crippen LogP contribution in [0.1, 0.15) is 27.3 Å². The fourth-order valence-corrected chi connectivity index (χ4v) is 4.40. The zero-order valence-corrected chi connectivity index (χ0v) is 21.1. The number of nitrogens with zero attached hydrogens (tertiary/aromatic N) is 3. The molecule has 5 rings (SSSR count). The molecule has 2 aromatic carbocycles. The molecule has 1 amide bonds. The van der Waals surface area contributed by atoms with Crippen LogP contribution in [0.2, 0.25) is 0 Å². The third kappa shape index (κ3) is 4.77. The molecule has 4 N–H and O–H groups in total. The van der Waals surface area contributed by atoms with E-state index in [-0.39, 0.29) is 24.6 Å². The second-order valence-electron chi connectivity index (χ2n) is 8.84. The van der Waals surface area contributed by atoms with E-state index in [2.05, 4.69) is 20.6 Å². The van der Waals surface area contributed by atoms with Gasteiger partial charge in [-0.2, -0.15) is 0 Å². The van der Waals surface area contributed by atoms with E-state index in [4.69, 9.17) is 4.98 Å². The lowest BCUT2D eigenvalue weighted by Crippen LogP contribution is -2.25. The molecule has 3 heterocycles. The van der Waals surface area contributed by atoms with Crippen molar-refractivity contribution in [2.24, 2.45) is 0 Å². The van der Waals surface area contributed by atoms with E-state index in [1.807, 2.05) is 67.7 Å². The molecule has 0 atom stereocenters. The summed E-state index contributed by atoms with van der Waals surface area (Å²) in [7, 11) is 1.88. The predicted molar refractivity (Wildman–Crippen MR) is 148 cm³/mol. The Morgan fingerprint density at radius 1 is 0.974 bits per heavy atom. The van der Waals surface area contributed by atoms with E-state index in [0.29, 0.717) is 27.7 Å². The van der Waals surface area contributed by atoms with Crippen LogP contribution in [0.25, 0.3) is 33.3 Å². The number of carbonyl (C=O) groups is 1. The van der Waals surface area contributed by atoms with E-state index in [0.717, 1.165) is 28.1 Å². The number of aryl methyl sites for hydroxylation is 1. The molecule has 190 valence electrons. The third-order valence-electron chi connectivity index (χ3n) is 6.52. The number of benzene rings is 2. The molecule has 0 unspecified atom stereocenters. The van der Waals surface area contributed by atoms with Crippen molar-refractivity contribution in [3.05, 3.63) is 102 Å². The minimum Gasteiger partial charge on any atom is -0.506 e. The number of pyridine rings is 3. The minimum atomic E-state index is -0.416. The number of hydrogen-bond donors (Lipinski definition) is 4. The highest BCUT2D eigenvalue weighted by atomic mass is 16.3. The second kappa shape index (κ2) is 10.7. The highest BCUT2D eigenvalue weighted by molar-refractivity contribution is 6.06. The first-order valence-electron chi connectivity index (χ1n) is 12.2. The number of fused-ring (bicyclic) bond motifs is 1. The lowest BCUT2D eigenvalue weighted by atomic mass is 9.97. The molecule has 0 fully saturated rings. The zero-order chi connectivity index (χ0) is 26.6. The van der Waals surface area contributed by atoms with Crippen LogP contribution in [-0.4, -0.2) is 38.1 Å². The first kappa shape index (κ1) is 24.9. The summed E-state index contributed by atoms with van der Waals surface area (Å²) in [5, 5.41) is 26.7. The number of aromatic hydroxyl groups is 1. The molecule has 0 aliphatic heterocycles. The van der Waals surface area contributed by atoms with Gasteiger partial charge in [0.2, 0.25) is 0 Å². The number of carbonyl (C=O) groups excluding carboxylic acids is 1. The summed E-state index contributed by atoms with van der Waals surface area (Å²) in [5.74, 6) is -0.468. The molecule has 0 radical (unpaired) electrons. The monoisotopic (exact) mass is 505 g/mol. The number of hydrogen-bond acceptors (Lipinski definition) is 7. The van der Waals surface area contributed by atoms with Crippen LogP contribution in [0.3, 0.4) is 0 Å². The van der Waals surface area contributed by atoms with Crippen molar-refractivity contribution in [3.63, 3.8) is 0 Å². The Morgan fingerprint density at radius 3 is 2.45 bits per heavy atom. The Morgan fingerprint density at radius 2 is 1.74 bits per heavy atom. The number of anilines is 1. The van der Waals surface area contributed by atoms with Crippen molar-refractivity contribution in [1.82, 2.24) is 20.3 Å². The molecule has 8 nitrogen and oxygen atoms in total. The van der Waals surface area contributed by atoms with E-state index >= 15 is 0 Å². The first-order valence-corrected chi connectivity index (χ1v) is 12.2. The molecular formula is C30H27N5O3. The van der Waals surface area contributed by atoms with E-state index < -0.39 is 5.91 Å². The Kier molecular flexibility index (Phi) is 6.97. The summed E-state index contributed by atoms with van der Waals surface area (Å²) in [6.45, 7) is 1.37. The van der Waals surface area contributed by atoms with Gasteiger partial charge in [0, 0.05) is 59.3 Å². The van der Waals surface area contributed by atoms with Crippen molar-refractivity contribution in [2.45, 2.75) is 20.1 Å². The van der Waals surface area contributed by atoms with Gasteiger partial charge in [0.25, 0.3) is 5.91 Å². The lowest BCUT2D eigenvalue weighted by Gasteiger charge is -2.15. The Hall–Kier alpha value is -4.82. The smallest absolute Gasteiger partial charge is 0.270 e. The van der Waals surface area contributed by atoms with Crippen LogP contribution in [-0.2, 0) is 13.2 Å². The van der Waals surface area contributed by atoms with Crippen LogP contribution in [0.15, 0.2) is 79.1 Å². The standard InChI is InChI=1S/C30H27N5O3/c1-18-29(37)25(21(17-36)15-33-18)16-34-30(38)28-24-14-23(19-6-4-3-5-7-19)27(35-26(24)12-13-32-28)20-8-10-22(31-2)11-9-20/h3-15,31,36-37H,16-17H2,1-2H3,(H,34,38). The van der Waals surface area contributed by atoms with Crippen molar-refractivity contribution in [2.75, 3.05) is 12.4 Å². The number of rotatable bonds is 7. The maximum atomic E-state index is 13.3. The fourth-order valence-electron chi connectivity index (χ4n) is 4.40. The van der Waals surface area contributed by atoms with Gasteiger partial charge in [-0.25, -0.2) is 4.98 Å². The molecule has 38 heavy (non-hydrogen) atoms. The van der Waals surface area contributed by atoms with Crippen LogP contribution < -0.4 is 10.6 Å². The van der Waals surface area contributed by atoms with Gasteiger partial charge in [0.1, 0.15) is 11.4 Å². The normalized spacial score (nSPS) is 10.9. The molecule has 5 aromatic rings. The van der Waals surface area contributed by atoms with Gasteiger partial charge in [0.05, 0.1) is 23.5 Å². The Balaban J connectivity index is 1.58. The number of aromatic nitrogens is 3. The summed E-state index contributed by atoms with van der Waals surface area (Å²) in [6, 6.07) is 21.7. The summed E-state index contributed by atoms with van der Waals surface area (Å²) in [6.07, 6.45) is 3.06. The van der Waals surface area contributed by atoms with Gasteiger partial charge >= 0.3 is 0 Å². The predicted octanol–water partition coefficient (Wildman–Crippen LogP) is 4.84. The van der Waals surface area contributed by atoms with Gasteiger partial charge < -0.3 is 20.8 Å². The number of amides is 1. The molecule has 0 bridgehead atoms. The topological polar surface area (TPSA) is 120 Å². The zero-order valence-electron chi connectivity index (χ0n) is 21.1. The van der Waals surface area contributed by atoms with Crippen molar-refractivity contribution in [3.8, 4) is 28.1 Å². The van der Waals surface area contributed by atoms with Crippen LogP contribution in [0.5, 0.6) is 5.75 Å². The summed E-state index contributed by atoms with van der Waals surface area (Å²) < 4.78 is 0. The molecule has 3 aromatic heterocycles. The van der Waals surface area contributed by atoms with Crippen molar-refractivity contribution >= 4 is 22.5 Å².